The van der Waals surface area contributed by atoms with Crippen LogP contribution in [0.2, 0.25) is 0 Å². The van der Waals surface area contributed by atoms with Gasteiger partial charge in [-0.3, -0.25) is 10.1 Å². The lowest BCUT2D eigenvalue weighted by Crippen LogP contribution is -2.58. The number of pyridine rings is 1. The molecule has 168 valence electrons. The number of anilines is 1. The summed E-state index contributed by atoms with van der Waals surface area (Å²) in [6, 6.07) is 7.60. The zero-order chi connectivity index (χ0) is 22.6. The molecule has 3 rings (SSSR count). The molecule has 4 N–H and O–H groups in total. The predicted octanol–water partition coefficient (Wildman–Crippen LogP) is 1.60. The van der Waals surface area contributed by atoms with E-state index in [2.05, 4.69) is 20.4 Å². The number of nitrogens with two attached hydrogens (primary N) is 1. The molecule has 11 heteroatoms. The molecule has 1 amide bonds. The third-order valence-corrected chi connectivity index (χ3v) is 7.68. The Morgan fingerprint density at radius 3 is 2.84 bits per heavy atom. The van der Waals surface area contributed by atoms with Crippen LogP contribution in [0.5, 0.6) is 11.5 Å². The van der Waals surface area contributed by atoms with E-state index in [0.717, 1.165) is 0 Å². The summed E-state index contributed by atoms with van der Waals surface area (Å²) >= 11 is 0. The van der Waals surface area contributed by atoms with Gasteiger partial charge in [-0.15, -0.1) is 0 Å². The number of hydrogen-bond donors (Lipinski definition) is 3. The number of carbonyl (C=O) groups excluding carboxylic acids is 1. The molecule has 0 bridgehead atoms. The third-order valence-electron chi connectivity index (χ3n) is 5.13. The van der Waals surface area contributed by atoms with E-state index in [0.29, 0.717) is 30.2 Å². The number of aromatic nitrogens is 1. The number of carbonyl (C=O) groups is 1. The van der Waals surface area contributed by atoms with Gasteiger partial charge >= 0.3 is 0 Å². The molecule has 2 aromatic rings. The Kier molecular flexibility index (Phi) is 6.77. The highest BCUT2D eigenvalue weighted by molar-refractivity contribution is 7.92. The molecule has 0 radical (unpaired) electrons. The maximum atomic E-state index is 13.0. The lowest BCUT2D eigenvalue weighted by Gasteiger charge is -2.33. The molecular weight excluding hydrogens is 427 g/mol. The van der Waals surface area contributed by atoms with E-state index >= 15 is 0 Å². The number of amides is 1. The van der Waals surface area contributed by atoms with Crippen LogP contribution < -0.4 is 25.8 Å². The second-order valence-electron chi connectivity index (χ2n) is 7.55. The topological polar surface area (TPSA) is 133 Å². The van der Waals surface area contributed by atoms with Gasteiger partial charge in [-0.1, -0.05) is 0 Å². The van der Waals surface area contributed by atoms with Gasteiger partial charge in [0.1, 0.15) is 23.8 Å². The summed E-state index contributed by atoms with van der Waals surface area (Å²) in [7, 11) is -3.67. The molecule has 1 aliphatic heterocycles. The van der Waals surface area contributed by atoms with Crippen LogP contribution in [-0.2, 0) is 15.6 Å². The first-order valence-corrected chi connectivity index (χ1v) is 11.2. The quantitative estimate of drug-likeness (QED) is 0.637. The fourth-order valence-electron chi connectivity index (χ4n) is 2.97. The first-order valence-electron chi connectivity index (χ1n) is 9.57. The van der Waals surface area contributed by atoms with E-state index < -0.39 is 33.5 Å². The Morgan fingerprint density at radius 2 is 2.16 bits per heavy atom. The molecule has 1 aromatic heterocycles. The number of rotatable bonds is 4. The van der Waals surface area contributed by atoms with Gasteiger partial charge in [0, 0.05) is 17.8 Å². The van der Waals surface area contributed by atoms with Crippen LogP contribution in [0, 0.1) is 0 Å². The summed E-state index contributed by atoms with van der Waals surface area (Å²) in [5, 5.41) is 5.65. The minimum absolute atomic E-state index is 0.0910. The van der Waals surface area contributed by atoms with Crippen molar-refractivity contribution in [3.63, 3.8) is 0 Å². The molecule has 0 fully saturated rings. The standard InChI is InChI=1S/C20H25FN4O5S/c1-20(2)19(22)23-7-8-29-17-6-3-14(9-13(17)11-31(20,27)28)25-18(26)16-5-4-15(10-24-16)30-12-21/h3-6,9-10,19,23H,7-8,11-12,22H2,1-2H3,(H,25,26). The average Bonchev–Trinajstić information content (AvgIpc) is 2.72. The minimum Gasteiger partial charge on any atom is -0.492 e. The van der Waals surface area contributed by atoms with Crippen molar-refractivity contribution in [2.75, 3.05) is 25.3 Å². The van der Waals surface area contributed by atoms with Gasteiger partial charge in [0.25, 0.3) is 5.91 Å². The summed E-state index contributed by atoms with van der Waals surface area (Å²) in [6.45, 7) is 2.85. The van der Waals surface area contributed by atoms with Gasteiger partial charge in [0.2, 0.25) is 6.86 Å². The molecule has 1 aromatic carbocycles. The van der Waals surface area contributed by atoms with Crippen LogP contribution in [0.1, 0.15) is 29.9 Å². The molecule has 0 aliphatic carbocycles. The van der Waals surface area contributed by atoms with Crippen molar-refractivity contribution in [2.45, 2.75) is 30.5 Å². The number of alkyl halides is 1. The highest BCUT2D eigenvalue weighted by Crippen LogP contribution is 2.30. The number of nitrogens with zero attached hydrogens (tertiary/aromatic N) is 1. The van der Waals surface area contributed by atoms with Gasteiger partial charge in [0.15, 0.2) is 9.84 Å². The summed E-state index contributed by atoms with van der Waals surface area (Å²) in [4.78, 5) is 16.4. The van der Waals surface area contributed by atoms with Crippen LogP contribution in [-0.4, -0.2) is 50.2 Å². The smallest absolute Gasteiger partial charge is 0.274 e. The summed E-state index contributed by atoms with van der Waals surface area (Å²) in [6.07, 6.45) is 0.474. The van der Waals surface area contributed by atoms with Crippen molar-refractivity contribution in [2.24, 2.45) is 5.73 Å². The number of halogens is 1. The average molecular weight is 453 g/mol. The second-order valence-corrected chi connectivity index (χ2v) is 10.1. The van der Waals surface area contributed by atoms with Crippen LogP contribution >= 0.6 is 0 Å². The normalized spacial score (nSPS) is 20.1. The zero-order valence-corrected chi connectivity index (χ0v) is 18.0. The Bertz CT molecular complexity index is 1040. The third kappa shape index (κ3) is 5.12. The Labute approximate surface area is 180 Å². The van der Waals surface area contributed by atoms with Gasteiger partial charge < -0.3 is 20.5 Å². The number of ether oxygens (including phenoxy) is 2. The van der Waals surface area contributed by atoms with Crippen molar-refractivity contribution >= 4 is 21.4 Å². The molecule has 0 saturated heterocycles. The molecule has 1 unspecified atom stereocenters. The van der Waals surface area contributed by atoms with Gasteiger partial charge in [-0.05, 0) is 44.2 Å². The summed E-state index contributed by atoms with van der Waals surface area (Å²) < 4.78 is 47.4. The van der Waals surface area contributed by atoms with Crippen molar-refractivity contribution < 1.29 is 27.1 Å². The lowest BCUT2D eigenvalue weighted by atomic mass is 10.1. The van der Waals surface area contributed by atoms with Crippen LogP contribution in [0.15, 0.2) is 36.5 Å². The molecule has 9 nitrogen and oxygen atoms in total. The molecule has 2 heterocycles. The number of fused-ring (bicyclic) bond motifs is 1. The largest absolute Gasteiger partial charge is 0.492 e. The van der Waals surface area contributed by atoms with Gasteiger partial charge in [-0.2, -0.15) is 0 Å². The van der Waals surface area contributed by atoms with Crippen LogP contribution in [0.4, 0.5) is 10.1 Å². The van der Waals surface area contributed by atoms with E-state index in [1.54, 1.807) is 32.0 Å². The number of sulfone groups is 1. The molecule has 1 atom stereocenters. The maximum absolute atomic E-state index is 13.0. The summed E-state index contributed by atoms with van der Waals surface area (Å²) in [5.74, 6) is -0.200. The highest BCUT2D eigenvalue weighted by Gasteiger charge is 2.40. The van der Waals surface area contributed by atoms with E-state index in [-0.39, 0.29) is 17.2 Å². The first kappa shape index (κ1) is 22.9. The van der Waals surface area contributed by atoms with Crippen LogP contribution in [0.3, 0.4) is 0 Å². The number of hydrogen-bond acceptors (Lipinski definition) is 8. The van der Waals surface area contributed by atoms with E-state index in [1.807, 2.05) is 0 Å². The Morgan fingerprint density at radius 1 is 1.39 bits per heavy atom. The molecular formula is C20H25FN4O5S. The SMILES string of the molecule is CC1(C)C(N)NCCOc2ccc(NC(=O)c3ccc(OCF)cn3)cc2CS1(=O)=O. The second kappa shape index (κ2) is 9.16. The molecule has 0 spiro atoms. The van der Waals surface area contributed by atoms with Crippen LogP contribution in [0.25, 0.3) is 0 Å². The molecule has 1 aliphatic rings. The zero-order valence-electron chi connectivity index (χ0n) is 17.2. The van der Waals surface area contributed by atoms with Crippen molar-refractivity contribution in [1.29, 1.82) is 0 Å². The minimum atomic E-state index is -3.67. The number of benzene rings is 1. The first-order chi connectivity index (χ1) is 14.6. The fourth-order valence-corrected chi connectivity index (χ4v) is 4.45. The van der Waals surface area contributed by atoms with Crippen molar-refractivity contribution in [3.05, 3.63) is 47.8 Å². The predicted molar refractivity (Wildman–Crippen MR) is 113 cm³/mol. The lowest BCUT2D eigenvalue weighted by molar-refractivity contribution is 0.102. The van der Waals surface area contributed by atoms with E-state index in [9.17, 15) is 17.6 Å². The maximum Gasteiger partial charge on any atom is 0.274 e. The highest BCUT2D eigenvalue weighted by atomic mass is 32.2. The number of nitrogens with one attached hydrogen (secondary N) is 2. The summed E-state index contributed by atoms with van der Waals surface area (Å²) in [5.41, 5.74) is 6.94. The van der Waals surface area contributed by atoms with Crippen molar-refractivity contribution in [1.82, 2.24) is 10.3 Å². The van der Waals surface area contributed by atoms with Gasteiger partial charge in [-0.25, -0.2) is 17.8 Å². The Hall–Kier alpha value is -2.76. The van der Waals surface area contributed by atoms with Gasteiger partial charge in [0.05, 0.1) is 22.9 Å². The molecule has 0 saturated carbocycles. The monoisotopic (exact) mass is 452 g/mol. The fraction of sp³-hybridized carbons (Fsp3) is 0.400. The Balaban J connectivity index is 1.85. The van der Waals surface area contributed by atoms with E-state index in [4.69, 9.17) is 10.5 Å². The van der Waals surface area contributed by atoms with E-state index in [1.165, 1.54) is 18.3 Å². The molecule has 31 heavy (non-hydrogen) atoms. The van der Waals surface area contributed by atoms with Crippen molar-refractivity contribution in [3.8, 4) is 11.5 Å².